The highest BCUT2D eigenvalue weighted by molar-refractivity contribution is 5.71. The Morgan fingerprint density at radius 3 is 1.30 bits per heavy atom. The van der Waals surface area contributed by atoms with Crippen molar-refractivity contribution >= 4 is 17.9 Å². The Morgan fingerprint density at radius 2 is 0.786 bits per heavy atom. The van der Waals surface area contributed by atoms with Crippen LogP contribution in [0.1, 0.15) is 207 Å². The fraction of sp³-hybridized carbons (Fsp3) is 0.700. The van der Waals surface area contributed by atoms with Gasteiger partial charge in [-0.15, -0.1) is 0 Å². The SMILES string of the molecule is CC\C=C/C=C\C=C/CCCCCCCC(=O)OCC(COC(=O)CCCCCCC/C=C\C/C=C\CC)OC(=O)CCCCC/C=C\CCCCCCCC. The molecule has 0 aromatic heterocycles. The lowest BCUT2D eigenvalue weighted by molar-refractivity contribution is -0.167. The first-order valence-corrected chi connectivity index (χ1v) is 23.0. The van der Waals surface area contributed by atoms with Gasteiger partial charge in [-0.25, -0.2) is 0 Å². The van der Waals surface area contributed by atoms with Crippen LogP contribution in [-0.4, -0.2) is 37.2 Å². The van der Waals surface area contributed by atoms with Crippen molar-refractivity contribution in [2.24, 2.45) is 0 Å². The first-order chi connectivity index (χ1) is 27.5. The fourth-order valence-electron chi connectivity index (χ4n) is 6.06. The average Bonchev–Trinajstić information content (AvgIpc) is 3.19. The highest BCUT2D eigenvalue weighted by Crippen LogP contribution is 2.13. The largest absolute Gasteiger partial charge is 0.462 e. The first kappa shape index (κ1) is 52.9. The highest BCUT2D eigenvalue weighted by atomic mass is 16.6. The summed E-state index contributed by atoms with van der Waals surface area (Å²) in [6, 6.07) is 0. The van der Waals surface area contributed by atoms with Crippen molar-refractivity contribution in [3.63, 3.8) is 0 Å². The maximum absolute atomic E-state index is 12.7. The summed E-state index contributed by atoms with van der Waals surface area (Å²) in [7, 11) is 0. The third-order valence-electron chi connectivity index (χ3n) is 9.49. The molecular weight excluding hydrogens is 697 g/mol. The molecule has 0 aliphatic carbocycles. The van der Waals surface area contributed by atoms with Crippen LogP contribution in [0.25, 0.3) is 0 Å². The fourth-order valence-corrected chi connectivity index (χ4v) is 6.06. The highest BCUT2D eigenvalue weighted by Gasteiger charge is 2.19. The molecule has 0 saturated carbocycles. The van der Waals surface area contributed by atoms with Gasteiger partial charge in [0.2, 0.25) is 0 Å². The summed E-state index contributed by atoms with van der Waals surface area (Å²) in [4.78, 5) is 37.7. The van der Waals surface area contributed by atoms with Crippen molar-refractivity contribution < 1.29 is 28.6 Å². The molecule has 56 heavy (non-hydrogen) atoms. The van der Waals surface area contributed by atoms with E-state index in [0.29, 0.717) is 19.3 Å². The Hall–Kier alpha value is -3.15. The number of esters is 3. The number of hydrogen-bond acceptors (Lipinski definition) is 6. The molecule has 6 heteroatoms. The average molecular weight is 781 g/mol. The van der Waals surface area contributed by atoms with Crippen molar-refractivity contribution in [3.05, 3.63) is 72.9 Å². The topological polar surface area (TPSA) is 78.9 Å². The van der Waals surface area contributed by atoms with Gasteiger partial charge in [-0.05, 0) is 89.9 Å². The molecule has 0 saturated heterocycles. The molecule has 0 aromatic carbocycles. The van der Waals surface area contributed by atoms with Gasteiger partial charge in [0.1, 0.15) is 13.2 Å². The van der Waals surface area contributed by atoms with Crippen molar-refractivity contribution in [1.29, 1.82) is 0 Å². The van der Waals surface area contributed by atoms with E-state index in [4.69, 9.17) is 14.2 Å². The molecule has 0 heterocycles. The second-order valence-corrected chi connectivity index (χ2v) is 15.0. The van der Waals surface area contributed by atoms with Gasteiger partial charge in [0.25, 0.3) is 0 Å². The van der Waals surface area contributed by atoms with Crippen LogP contribution in [0.5, 0.6) is 0 Å². The minimum absolute atomic E-state index is 0.0965. The quantitative estimate of drug-likeness (QED) is 0.0203. The van der Waals surface area contributed by atoms with Crippen molar-refractivity contribution in [2.75, 3.05) is 13.2 Å². The molecular formula is C50H84O6. The van der Waals surface area contributed by atoms with Crippen LogP contribution in [0.2, 0.25) is 0 Å². The van der Waals surface area contributed by atoms with E-state index >= 15 is 0 Å². The Kier molecular flexibility index (Phi) is 42.1. The van der Waals surface area contributed by atoms with Crippen molar-refractivity contribution in [1.82, 2.24) is 0 Å². The number of rotatable bonds is 40. The van der Waals surface area contributed by atoms with E-state index in [1.807, 2.05) is 0 Å². The molecule has 0 N–H and O–H groups in total. The van der Waals surface area contributed by atoms with Gasteiger partial charge in [0.15, 0.2) is 6.10 Å². The van der Waals surface area contributed by atoms with Crippen LogP contribution >= 0.6 is 0 Å². The van der Waals surface area contributed by atoms with Gasteiger partial charge in [-0.3, -0.25) is 14.4 Å². The summed E-state index contributed by atoms with van der Waals surface area (Å²) in [6.45, 7) is 6.32. The van der Waals surface area contributed by atoms with E-state index in [1.165, 1.54) is 38.5 Å². The Labute approximate surface area is 344 Å². The zero-order valence-electron chi connectivity index (χ0n) is 36.4. The second-order valence-electron chi connectivity index (χ2n) is 15.0. The van der Waals surface area contributed by atoms with Crippen LogP contribution < -0.4 is 0 Å². The molecule has 0 aromatic rings. The van der Waals surface area contributed by atoms with Crippen molar-refractivity contribution in [3.8, 4) is 0 Å². The predicted octanol–water partition coefficient (Wildman–Crippen LogP) is 14.7. The number of unbranched alkanes of at least 4 members (excludes halogenated alkanes) is 19. The molecule has 0 radical (unpaired) electrons. The van der Waals surface area contributed by atoms with Gasteiger partial charge in [0, 0.05) is 19.3 Å². The molecule has 0 amide bonds. The van der Waals surface area contributed by atoms with E-state index in [2.05, 4.69) is 93.7 Å². The minimum Gasteiger partial charge on any atom is -0.462 e. The van der Waals surface area contributed by atoms with Gasteiger partial charge in [0.05, 0.1) is 0 Å². The summed E-state index contributed by atoms with van der Waals surface area (Å²) in [6.07, 6.45) is 54.5. The van der Waals surface area contributed by atoms with Gasteiger partial charge in [-0.1, -0.05) is 171 Å². The monoisotopic (exact) mass is 781 g/mol. The summed E-state index contributed by atoms with van der Waals surface area (Å²) in [5.41, 5.74) is 0. The summed E-state index contributed by atoms with van der Waals surface area (Å²) >= 11 is 0. The van der Waals surface area contributed by atoms with Crippen LogP contribution in [0, 0.1) is 0 Å². The van der Waals surface area contributed by atoms with Crippen LogP contribution in [-0.2, 0) is 28.6 Å². The summed E-state index contributed by atoms with van der Waals surface area (Å²) in [5, 5.41) is 0. The van der Waals surface area contributed by atoms with Crippen LogP contribution in [0.3, 0.4) is 0 Å². The maximum Gasteiger partial charge on any atom is 0.306 e. The lowest BCUT2D eigenvalue weighted by Gasteiger charge is -2.18. The molecule has 0 fully saturated rings. The molecule has 6 nitrogen and oxygen atoms in total. The standard InChI is InChI=1S/C50H84O6/c1-4-7-10-13-16-19-22-25-28-31-34-37-40-43-49(52)55-46-47(45-54-48(51)42-39-36-33-30-27-24-21-18-15-12-9-6-3)56-50(53)44-41-38-35-32-29-26-23-20-17-14-11-8-5-2/h7,9-10,12-13,16,18-19,21-22,26,29,47H,4-6,8,11,14-15,17,20,23-25,27-28,30-46H2,1-3H3/b10-7-,12-9-,16-13-,21-18-,22-19-,29-26-. The third kappa shape index (κ3) is 42.0. The molecule has 0 rings (SSSR count). The van der Waals surface area contributed by atoms with Gasteiger partial charge < -0.3 is 14.2 Å². The number of allylic oxidation sites excluding steroid dienone is 12. The molecule has 320 valence electrons. The maximum atomic E-state index is 12.7. The van der Waals surface area contributed by atoms with Crippen LogP contribution in [0.15, 0.2) is 72.9 Å². The number of carbonyl (C=O) groups is 3. The van der Waals surface area contributed by atoms with Gasteiger partial charge >= 0.3 is 17.9 Å². The number of ether oxygens (including phenoxy) is 3. The Bertz CT molecular complexity index is 1080. The minimum atomic E-state index is -0.795. The van der Waals surface area contributed by atoms with E-state index < -0.39 is 6.10 Å². The van der Waals surface area contributed by atoms with E-state index in [-0.39, 0.29) is 31.1 Å². The van der Waals surface area contributed by atoms with Crippen molar-refractivity contribution in [2.45, 2.75) is 213 Å². The predicted molar refractivity (Wildman–Crippen MR) is 238 cm³/mol. The third-order valence-corrected chi connectivity index (χ3v) is 9.49. The summed E-state index contributed by atoms with van der Waals surface area (Å²) in [5.74, 6) is -0.953. The summed E-state index contributed by atoms with van der Waals surface area (Å²) < 4.78 is 16.7. The van der Waals surface area contributed by atoms with E-state index in [1.54, 1.807) is 0 Å². The van der Waals surface area contributed by atoms with E-state index in [0.717, 1.165) is 128 Å². The molecule has 0 aliphatic heterocycles. The lowest BCUT2D eigenvalue weighted by atomic mass is 10.1. The normalized spacial score (nSPS) is 12.7. The zero-order chi connectivity index (χ0) is 40.8. The molecule has 0 spiro atoms. The van der Waals surface area contributed by atoms with E-state index in [9.17, 15) is 14.4 Å². The Balaban J connectivity index is 4.46. The zero-order valence-corrected chi connectivity index (χ0v) is 36.4. The molecule has 1 atom stereocenters. The van der Waals surface area contributed by atoms with Gasteiger partial charge in [-0.2, -0.15) is 0 Å². The lowest BCUT2D eigenvalue weighted by Crippen LogP contribution is -2.30. The molecule has 0 bridgehead atoms. The second kappa shape index (κ2) is 44.6. The smallest absolute Gasteiger partial charge is 0.306 e. The first-order valence-electron chi connectivity index (χ1n) is 23.0. The number of carbonyl (C=O) groups excluding carboxylic acids is 3. The molecule has 0 aliphatic rings. The molecule has 1 unspecified atom stereocenters. The number of hydrogen-bond donors (Lipinski definition) is 0. The van der Waals surface area contributed by atoms with Crippen LogP contribution in [0.4, 0.5) is 0 Å². The Morgan fingerprint density at radius 1 is 0.393 bits per heavy atom.